The fourth-order valence-electron chi connectivity index (χ4n) is 1.85. The van der Waals surface area contributed by atoms with Gasteiger partial charge >= 0.3 is 0 Å². The number of aromatic nitrogens is 1. The molecule has 1 aromatic carbocycles. The Morgan fingerprint density at radius 2 is 2.29 bits per heavy atom. The van der Waals surface area contributed by atoms with Crippen LogP contribution >= 0.6 is 11.3 Å². The summed E-state index contributed by atoms with van der Waals surface area (Å²) in [7, 11) is 1.69. The van der Waals surface area contributed by atoms with Gasteiger partial charge in [0, 0.05) is 30.0 Å². The van der Waals surface area contributed by atoms with Crippen LogP contribution in [0.4, 0.5) is 0 Å². The first kappa shape index (κ1) is 10.7. The number of benzene rings is 1. The Kier molecular flexibility index (Phi) is 2.82. The molecule has 0 spiro atoms. The van der Waals surface area contributed by atoms with Crippen LogP contribution in [-0.4, -0.2) is 25.2 Å². The van der Waals surface area contributed by atoms with Gasteiger partial charge in [0.1, 0.15) is 5.75 Å². The number of hydrogen-bond acceptors (Lipinski definition) is 4. The first-order chi connectivity index (χ1) is 8.36. The maximum Gasteiger partial charge on any atom is 0.119 e. The van der Waals surface area contributed by atoms with E-state index in [1.54, 1.807) is 18.4 Å². The van der Waals surface area contributed by atoms with Crippen LogP contribution in [0.1, 0.15) is 10.9 Å². The Balaban J connectivity index is 1.89. The molecule has 1 saturated heterocycles. The van der Waals surface area contributed by atoms with Gasteiger partial charge in [-0.25, -0.2) is 4.98 Å². The number of rotatable bonds is 3. The van der Waals surface area contributed by atoms with Crippen molar-refractivity contribution in [3.8, 4) is 17.0 Å². The van der Waals surface area contributed by atoms with E-state index in [1.165, 1.54) is 5.01 Å². The maximum atomic E-state index is 5.23. The molecule has 0 atom stereocenters. The van der Waals surface area contributed by atoms with E-state index in [2.05, 4.69) is 16.8 Å². The summed E-state index contributed by atoms with van der Waals surface area (Å²) in [4.78, 5) is 4.70. The van der Waals surface area contributed by atoms with Crippen molar-refractivity contribution in [2.75, 3.05) is 20.2 Å². The van der Waals surface area contributed by atoms with E-state index in [0.717, 1.165) is 30.1 Å². The van der Waals surface area contributed by atoms with Crippen molar-refractivity contribution in [1.82, 2.24) is 10.3 Å². The average molecular weight is 246 g/mol. The fourth-order valence-corrected chi connectivity index (χ4v) is 2.78. The molecule has 1 aliphatic rings. The minimum absolute atomic E-state index is 0.611. The summed E-state index contributed by atoms with van der Waals surface area (Å²) in [5.74, 6) is 1.49. The van der Waals surface area contributed by atoms with Crippen LogP contribution in [-0.2, 0) is 0 Å². The Hall–Kier alpha value is -1.39. The summed E-state index contributed by atoms with van der Waals surface area (Å²) in [5.41, 5.74) is 2.18. The first-order valence-corrected chi connectivity index (χ1v) is 6.55. The molecule has 4 heteroatoms. The van der Waals surface area contributed by atoms with Gasteiger partial charge in [-0.05, 0) is 12.1 Å². The number of ether oxygens (including phenoxy) is 1. The molecule has 2 aromatic rings. The second-order valence-corrected chi connectivity index (χ2v) is 5.05. The van der Waals surface area contributed by atoms with Crippen LogP contribution in [0.15, 0.2) is 29.6 Å². The average Bonchev–Trinajstić information content (AvgIpc) is 2.76. The predicted octanol–water partition coefficient (Wildman–Crippen LogP) is 2.51. The van der Waals surface area contributed by atoms with Gasteiger partial charge in [0.2, 0.25) is 0 Å². The quantitative estimate of drug-likeness (QED) is 0.903. The van der Waals surface area contributed by atoms with Crippen molar-refractivity contribution in [3.05, 3.63) is 34.7 Å². The molecule has 3 rings (SSSR count). The molecule has 17 heavy (non-hydrogen) atoms. The third-order valence-corrected chi connectivity index (χ3v) is 4.03. The topological polar surface area (TPSA) is 34.1 Å². The summed E-state index contributed by atoms with van der Waals surface area (Å²) in [6.45, 7) is 2.12. The fraction of sp³-hybridized carbons (Fsp3) is 0.308. The lowest BCUT2D eigenvalue weighted by Gasteiger charge is -2.24. The van der Waals surface area contributed by atoms with E-state index < -0.39 is 0 Å². The van der Waals surface area contributed by atoms with Gasteiger partial charge in [-0.3, -0.25) is 0 Å². The summed E-state index contributed by atoms with van der Waals surface area (Å²) in [5, 5.41) is 6.64. The Bertz CT molecular complexity index is 520. The van der Waals surface area contributed by atoms with Crippen LogP contribution in [0.25, 0.3) is 11.3 Å². The molecule has 1 aromatic heterocycles. The lowest BCUT2D eigenvalue weighted by Crippen LogP contribution is -2.39. The molecule has 1 aliphatic heterocycles. The van der Waals surface area contributed by atoms with E-state index in [4.69, 9.17) is 9.72 Å². The molecule has 0 aliphatic carbocycles. The molecule has 2 heterocycles. The third-order valence-electron chi connectivity index (χ3n) is 3.02. The minimum atomic E-state index is 0.611. The molecule has 0 saturated carbocycles. The van der Waals surface area contributed by atoms with Gasteiger partial charge in [-0.1, -0.05) is 12.1 Å². The summed E-state index contributed by atoms with van der Waals surface area (Å²) < 4.78 is 5.23. The molecule has 0 radical (unpaired) electrons. The number of methoxy groups -OCH3 is 1. The van der Waals surface area contributed by atoms with Crippen LogP contribution in [0.3, 0.4) is 0 Å². The second-order valence-electron chi connectivity index (χ2n) is 4.16. The number of nitrogens with zero attached hydrogens (tertiary/aromatic N) is 1. The number of thiazole rings is 1. The molecule has 0 amide bonds. The van der Waals surface area contributed by atoms with Crippen LogP contribution in [0.5, 0.6) is 5.75 Å². The van der Waals surface area contributed by atoms with E-state index in [1.807, 2.05) is 18.2 Å². The lowest BCUT2D eigenvalue weighted by molar-refractivity contribution is 0.415. The third kappa shape index (κ3) is 2.06. The van der Waals surface area contributed by atoms with Gasteiger partial charge in [0.05, 0.1) is 17.8 Å². The van der Waals surface area contributed by atoms with E-state index in [0.29, 0.717) is 5.92 Å². The predicted molar refractivity (Wildman–Crippen MR) is 69.7 cm³/mol. The zero-order valence-electron chi connectivity index (χ0n) is 9.64. The molecular weight excluding hydrogens is 232 g/mol. The molecule has 88 valence electrons. The Labute approximate surface area is 104 Å². The Morgan fingerprint density at radius 3 is 3.00 bits per heavy atom. The summed E-state index contributed by atoms with van der Waals surface area (Å²) in [6, 6.07) is 8.04. The normalized spacial score (nSPS) is 15.6. The van der Waals surface area contributed by atoms with Crippen molar-refractivity contribution in [2.24, 2.45) is 0 Å². The van der Waals surface area contributed by atoms with E-state index in [-0.39, 0.29) is 0 Å². The highest BCUT2D eigenvalue weighted by molar-refractivity contribution is 7.10. The highest BCUT2D eigenvalue weighted by atomic mass is 32.1. The summed E-state index contributed by atoms with van der Waals surface area (Å²) >= 11 is 1.75. The van der Waals surface area contributed by atoms with Crippen LogP contribution in [0, 0.1) is 0 Å². The zero-order valence-corrected chi connectivity index (χ0v) is 10.5. The van der Waals surface area contributed by atoms with Crippen molar-refractivity contribution < 1.29 is 4.74 Å². The van der Waals surface area contributed by atoms with Crippen LogP contribution < -0.4 is 10.1 Å². The lowest BCUT2D eigenvalue weighted by atomic mass is 10.1. The van der Waals surface area contributed by atoms with Crippen molar-refractivity contribution in [3.63, 3.8) is 0 Å². The number of hydrogen-bond donors (Lipinski definition) is 1. The second kappa shape index (κ2) is 4.47. The molecule has 0 bridgehead atoms. The SMILES string of the molecule is COc1cccc(-c2csc(C3CNC3)n2)c1. The smallest absolute Gasteiger partial charge is 0.119 e. The first-order valence-electron chi connectivity index (χ1n) is 5.67. The minimum Gasteiger partial charge on any atom is -0.497 e. The standard InChI is InChI=1S/C13H14N2OS/c1-16-11-4-2-3-9(5-11)12-8-17-13(15-12)10-6-14-7-10/h2-5,8,10,14H,6-7H2,1H3. The number of nitrogens with one attached hydrogen (secondary N) is 1. The zero-order chi connectivity index (χ0) is 11.7. The molecule has 0 unspecified atom stereocenters. The van der Waals surface area contributed by atoms with Gasteiger partial charge in [-0.15, -0.1) is 11.3 Å². The van der Waals surface area contributed by atoms with E-state index in [9.17, 15) is 0 Å². The highest BCUT2D eigenvalue weighted by Gasteiger charge is 2.22. The Morgan fingerprint density at radius 1 is 1.41 bits per heavy atom. The van der Waals surface area contributed by atoms with Crippen LogP contribution in [0.2, 0.25) is 0 Å². The monoisotopic (exact) mass is 246 g/mol. The van der Waals surface area contributed by atoms with Gasteiger partial charge < -0.3 is 10.1 Å². The van der Waals surface area contributed by atoms with Gasteiger partial charge in [-0.2, -0.15) is 0 Å². The van der Waals surface area contributed by atoms with Crippen molar-refractivity contribution >= 4 is 11.3 Å². The van der Waals surface area contributed by atoms with Gasteiger partial charge in [0.15, 0.2) is 0 Å². The van der Waals surface area contributed by atoms with E-state index >= 15 is 0 Å². The van der Waals surface area contributed by atoms with Gasteiger partial charge in [0.25, 0.3) is 0 Å². The maximum absolute atomic E-state index is 5.23. The molecule has 1 N–H and O–H groups in total. The molecule has 1 fully saturated rings. The molecule has 3 nitrogen and oxygen atoms in total. The van der Waals surface area contributed by atoms with Crippen molar-refractivity contribution in [1.29, 1.82) is 0 Å². The highest BCUT2D eigenvalue weighted by Crippen LogP contribution is 2.29. The molecular formula is C13H14N2OS. The summed E-state index contributed by atoms with van der Waals surface area (Å²) in [6.07, 6.45) is 0. The van der Waals surface area contributed by atoms with Crippen molar-refractivity contribution in [2.45, 2.75) is 5.92 Å². The largest absolute Gasteiger partial charge is 0.497 e.